The molecule has 0 atom stereocenters. The Morgan fingerprint density at radius 1 is 0.972 bits per heavy atom. The first kappa shape index (κ1) is 25.0. The second kappa shape index (κ2) is 10.7. The number of hydrogen-bond acceptors (Lipinski definition) is 7. The van der Waals surface area contributed by atoms with Gasteiger partial charge in [-0.2, -0.15) is 0 Å². The van der Waals surface area contributed by atoms with E-state index in [2.05, 4.69) is 4.98 Å². The first-order chi connectivity index (χ1) is 17.3. The maximum Gasteiger partial charge on any atom is 0.269 e. The summed E-state index contributed by atoms with van der Waals surface area (Å²) in [5, 5.41) is 0. The summed E-state index contributed by atoms with van der Waals surface area (Å²) < 4.78 is 12.7. The molecule has 1 heterocycles. The van der Waals surface area contributed by atoms with Gasteiger partial charge in [-0.1, -0.05) is 23.8 Å². The van der Waals surface area contributed by atoms with Crippen LogP contribution in [-0.2, 0) is 9.59 Å². The number of carbonyl (C=O) groups excluding carboxylic acids is 3. The summed E-state index contributed by atoms with van der Waals surface area (Å²) in [6.07, 6.45) is 1.87. The van der Waals surface area contributed by atoms with Gasteiger partial charge in [0.2, 0.25) is 0 Å². The van der Waals surface area contributed by atoms with E-state index < -0.39 is 28.8 Å². The fourth-order valence-corrected chi connectivity index (χ4v) is 4.38. The normalized spacial score (nSPS) is 14.1. The minimum Gasteiger partial charge on any atom is -0.490 e. The second-order valence-electron chi connectivity index (χ2n) is 8.59. The van der Waals surface area contributed by atoms with E-state index in [-0.39, 0.29) is 18.4 Å². The molecule has 2 aromatic carbocycles. The number of ketones is 3. The van der Waals surface area contributed by atoms with Gasteiger partial charge in [-0.3, -0.25) is 23.7 Å². The molecule has 0 radical (unpaired) electrons. The molecule has 1 fully saturated rings. The molecule has 0 amide bonds. The molecule has 0 aliphatic heterocycles. The van der Waals surface area contributed by atoms with Crippen molar-refractivity contribution in [1.29, 1.82) is 0 Å². The Morgan fingerprint density at radius 2 is 1.67 bits per heavy atom. The number of ether oxygens (including phenoxy) is 2. The Kier molecular flexibility index (Phi) is 7.43. The molecule has 36 heavy (non-hydrogen) atoms. The first-order valence-corrected chi connectivity index (χ1v) is 12.0. The number of nitrogens with zero attached hydrogens (tertiary/aromatic N) is 2. The van der Waals surface area contributed by atoms with E-state index in [0.29, 0.717) is 48.2 Å². The third-order valence-electron chi connectivity index (χ3n) is 6.04. The topological polar surface area (TPSA) is 105 Å². The van der Waals surface area contributed by atoms with E-state index in [1.54, 1.807) is 18.2 Å². The van der Waals surface area contributed by atoms with Crippen molar-refractivity contribution in [2.75, 3.05) is 13.2 Å². The predicted octanol–water partition coefficient (Wildman–Crippen LogP) is 4.13. The van der Waals surface area contributed by atoms with Crippen LogP contribution in [0.4, 0.5) is 0 Å². The summed E-state index contributed by atoms with van der Waals surface area (Å²) in [4.78, 5) is 56.5. The smallest absolute Gasteiger partial charge is 0.269 e. The average molecular weight is 489 g/mol. The highest BCUT2D eigenvalue weighted by atomic mass is 16.5. The summed E-state index contributed by atoms with van der Waals surface area (Å²) in [6.45, 7) is 6.44. The van der Waals surface area contributed by atoms with Crippen LogP contribution < -0.4 is 15.0 Å². The van der Waals surface area contributed by atoms with E-state index in [4.69, 9.17) is 9.47 Å². The lowest BCUT2D eigenvalue weighted by Gasteiger charge is -2.20. The number of aryl methyl sites for hydroxylation is 1. The molecule has 0 N–H and O–H groups in total. The summed E-state index contributed by atoms with van der Waals surface area (Å²) in [5.41, 5.74) is 1.08. The van der Waals surface area contributed by atoms with Crippen LogP contribution in [0.25, 0.3) is 17.1 Å². The fourth-order valence-electron chi connectivity index (χ4n) is 4.38. The van der Waals surface area contributed by atoms with E-state index in [1.165, 1.54) is 10.8 Å². The van der Waals surface area contributed by atoms with Crippen molar-refractivity contribution in [3.05, 3.63) is 70.1 Å². The molecular weight excluding hydrogens is 460 g/mol. The minimum absolute atomic E-state index is 0.141. The fraction of sp³-hybridized carbons (Fsp3) is 0.321. The summed E-state index contributed by atoms with van der Waals surface area (Å²) in [6, 6.07) is 12.5. The molecule has 8 nitrogen and oxygen atoms in total. The van der Waals surface area contributed by atoms with Crippen molar-refractivity contribution in [1.82, 2.24) is 9.55 Å². The molecule has 0 bridgehead atoms. The molecule has 1 saturated carbocycles. The van der Waals surface area contributed by atoms with Crippen LogP contribution in [-0.4, -0.2) is 40.1 Å². The number of benzene rings is 2. The van der Waals surface area contributed by atoms with Crippen LogP contribution in [0.3, 0.4) is 0 Å². The van der Waals surface area contributed by atoms with Gasteiger partial charge >= 0.3 is 0 Å². The van der Waals surface area contributed by atoms with E-state index in [0.717, 1.165) is 5.56 Å². The highest BCUT2D eigenvalue weighted by Gasteiger charge is 2.38. The van der Waals surface area contributed by atoms with Gasteiger partial charge in [0.25, 0.3) is 5.56 Å². The molecule has 0 spiro atoms. The zero-order chi connectivity index (χ0) is 25.8. The SMILES string of the molecule is CCOc1ccc(-n2c(-c3cccc(C)c3)ncc(C(=O)C3C(=O)CCCC3=O)c2=O)cc1OCC. The molecule has 1 aliphatic carbocycles. The van der Waals surface area contributed by atoms with Gasteiger partial charge < -0.3 is 9.47 Å². The number of carbonyl (C=O) groups is 3. The average Bonchev–Trinajstić information content (AvgIpc) is 2.85. The predicted molar refractivity (Wildman–Crippen MR) is 134 cm³/mol. The molecule has 3 aromatic rings. The van der Waals surface area contributed by atoms with Crippen LogP contribution in [0.2, 0.25) is 0 Å². The van der Waals surface area contributed by atoms with Gasteiger partial charge in [0, 0.05) is 30.7 Å². The largest absolute Gasteiger partial charge is 0.490 e. The molecule has 0 unspecified atom stereocenters. The van der Waals surface area contributed by atoms with Gasteiger partial charge in [0.15, 0.2) is 28.8 Å². The van der Waals surface area contributed by atoms with Gasteiger partial charge in [-0.15, -0.1) is 0 Å². The molecule has 8 heteroatoms. The third kappa shape index (κ3) is 4.84. The monoisotopic (exact) mass is 488 g/mol. The van der Waals surface area contributed by atoms with E-state index in [9.17, 15) is 19.2 Å². The minimum atomic E-state index is -1.45. The highest BCUT2D eigenvalue weighted by molar-refractivity contribution is 6.24. The lowest BCUT2D eigenvalue weighted by atomic mass is 9.82. The van der Waals surface area contributed by atoms with Crippen molar-refractivity contribution in [2.24, 2.45) is 5.92 Å². The molecule has 1 aromatic heterocycles. The lowest BCUT2D eigenvalue weighted by Crippen LogP contribution is -2.39. The van der Waals surface area contributed by atoms with Crippen LogP contribution in [0.1, 0.15) is 49.0 Å². The second-order valence-corrected chi connectivity index (χ2v) is 8.59. The van der Waals surface area contributed by atoms with Crippen LogP contribution in [0.5, 0.6) is 11.5 Å². The number of Topliss-reactive ketones (excluding diaryl/α,β-unsaturated/α-hetero) is 3. The Labute approximate surface area is 208 Å². The van der Waals surface area contributed by atoms with Gasteiger partial charge in [-0.05, 0) is 45.4 Å². The van der Waals surface area contributed by atoms with Gasteiger partial charge in [0.1, 0.15) is 17.3 Å². The van der Waals surface area contributed by atoms with Crippen molar-refractivity contribution >= 4 is 17.3 Å². The van der Waals surface area contributed by atoms with Crippen molar-refractivity contribution in [2.45, 2.75) is 40.0 Å². The van der Waals surface area contributed by atoms with E-state index >= 15 is 0 Å². The summed E-state index contributed by atoms with van der Waals surface area (Å²) in [7, 11) is 0. The Morgan fingerprint density at radius 3 is 2.33 bits per heavy atom. The molecule has 4 rings (SSSR count). The number of aromatic nitrogens is 2. The first-order valence-electron chi connectivity index (χ1n) is 12.0. The van der Waals surface area contributed by atoms with Crippen molar-refractivity contribution in [3.63, 3.8) is 0 Å². The highest BCUT2D eigenvalue weighted by Crippen LogP contribution is 2.31. The van der Waals surface area contributed by atoms with Crippen LogP contribution in [0, 0.1) is 12.8 Å². The van der Waals surface area contributed by atoms with Crippen molar-refractivity contribution < 1.29 is 23.9 Å². The van der Waals surface area contributed by atoms with Gasteiger partial charge in [0.05, 0.1) is 18.9 Å². The lowest BCUT2D eigenvalue weighted by molar-refractivity contribution is -0.133. The molecule has 0 saturated heterocycles. The zero-order valence-electron chi connectivity index (χ0n) is 20.6. The summed E-state index contributed by atoms with van der Waals surface area (Å²) in [5.74, 6) is -1.89. The van der Waals surface area contributed by atoms with Gasteiger partial charge in [-0.25, -0.2) is 4.98 Å². The molecular formula is C28H28N2O6. The maximum absolute atomic E-state index is 13.8. The number of rotatable bonds is 8. The maximum atomic E-state index is 13.8. The zero-order valence-corrected chi connectivity index (χ0v) is 20.6. The van der Waals surface area contributed by atoms with E-state index in [1.807, 2.05) is 45.0 Å². The number of hydrogen-bond donors (Lipinski definition) is 0. The molecule has 1 aliphatic rings. The Hall–Kier alpha value is -4.07. The molecule has 186 valence electrons. The summed E-state index contributed by atoms with van der Waals surface area (Å²) >= 11 is 0. The third-order valence-corrected chi connectivity index (χ3v) is 6.04. The van der Waals surface area contributed by atoms with Crippen LogP contribution >= 0.6 is 0 Å². The quantitative estimate of drug-likeness (QED) is 0.347. The Bertz CT molecular complexity index is 1380. The standard InChI is InChI=1S/C28H28N2O6/c1-4-35-23-13-12-19(15-24(23)36-5-2)30-27(18-9-6-8-17(3)14-18)29-16-20(28(30)34)26(33)25-21(31)10-7-11-22(25)32/h6,8-9,12-16,25H,4-5,7,10-11H2,1-3H3. The van der Waals surface area contributed by atoms with Crippen LogP contribution in [0.15, 0.2) is 53.5 Å². The van der Waals surface area contributed by atoms with Crippen molar-refractivity contribution in [3.8, 4) is 28.6 Å². The Balaban J connectivity index is 1.93.